The number of rotatable bonds is 5. The van der Waals surface area contributed by atoms with E-state index in [1.165, 1.54) is 11.1 Å². The van der Waals surface area contributed by atoms with E-state index < -0.39 is 0 Å². The van der Waals surface area contributed by atoms with Crippen LogP contribution >= 0.6 is 0 Å². The van der Waals surface area contributed by atoms with Crippen LogP contribution in [0.1, 0.15) is 28.9 Å². The maximum atomic E-state index is 12.4. The van der Waals surface area contributed by atoms with Crippen molar-refractivity contribution in [3.8, 4) is 0 Å². The first kappa shape index (κ1) is 16.6. The number of carbonyl (C=O) groups is 1. The number of pyridine rings is 1. The van der Waals surface area contributed by atoms with E-state index in [1.54, 1.807) is 6.20 Å². The highest BCUT2D eigenvalue weighted by Crippen LogP contribution is 2.13. The smallest absolute Gasteiger partial charge is 0.223 e. The van der Waals surface area contributed by atoms with Gasteiger partial charge in [-0.1, -0.05) is 6.07 Å². The molecule has 0 unspecified atom stereocenters. The Balaban J connectivity index is 1.44. The Bertz CT molecular complexity index is 674. The Kier molecular flexibility index (Phi) is 5.25. The fourth-order valence-corrected chi connectivity index (χ4v) is 3.07. The molecule has 0 aliphatic carbocycles. The van der Waals surface area contributed by atoms with Crippen LogP contribution in [-0.4, -0.2) is 57.1 Å². The van der Waals surface area contributed by atoms with Gasteiger partial charge in [0.25, 0.3) is 0 Å². The highest BCUT2D eigenvalue weighted by Gasteiger charge is 2.21. The van der Waals surface area contributed by atoms with Crippen LogP contribution in [0.3, 0.4) is 0 Å². The average molecular weight is 327 g/mol. The van der Waals surface area contributed by atoms with Crippen LogP contribution in [0.2, 0.25) is 0 Å². The number of hydrogen-bond donors (Lipinski definition) is 1. The van der Waals surface area contributed by atoms with Gasteiger partial charge in [-0.05, 0) is 31.0 Å². The minimum atomic E-state index is 0.232. The monoisotopic (exact) mass is 327 g/mol. The molecular weight excluding hydrogens is 302 g/mol. The molecule has 0 atom stereocenters. The van der Waals surface area contributed by atoms with E-state index in [1.807, 2.05) is 24.1 Å². The van der Waals surface area contributed by atoms with Crippen molar-refractivity contribution in [3.63, 3.8) is 0 Å². The summed E-state index contributed by atoms with van der Waals surface area (Å²) >= 11 is 0. The molecule has 1 amide bonds. The molecule has 1 fully saturated rings. The molecule has 2 aromatic heterocycles. The fraction of sp³-hybridized carbons (Fsp3) is 0.500. The largest absolute Gasteiger partial charge is 0.340 e. The number of H-pyrrole nitrogens is 1. The van der Waals surface area contributed by atoms with E-state index in [0.717, 1.165) is 44.1 Å². The van der Waals surface area contributed by atoms with Crippen LogP contribution in [-0.2, 0) is 17.8 Å². The summed E-state index contributed by atoms with van der Waals surface area (Å²) in [7, 11) is 0. The summed E-state index contributed by atoms with van der Waals surface area (Å²) in [6.45, 7) is 8.41. The summed E-state index contributed by atoms with van der Waals surface area (Å²) in [4.78, 5) is 20.9. The standard InChI is InChI=1S/C18H25N5O/c1-14-15(2)20-21-17(14)5-6-18(24)23-10-8-22(9-11-23)13-16-4-3-7-19-12-16/h3-4,7,12H,5-6,8-11,13H2,1-2H3,(H,20,21). The maximum Gasteiger partial charge on any atom is 0.223 e. The van der Waals surface area contributed by atoms with Gasteiger partial charge in [0.2, 0.25) is 5.91 Å². The normalized spacial score (nSPS) is 15.7. The van der Waals surface area contributed by atoms with Crippen molar-refractivity contribution in [2.24, 2.45) is 0 Å². The van der Waals surface area contributed by atoms with E-state index in [4.69, 9.17) is 0 Å². The quantitative estimate of drug-likeness (QED) is 0.908. The zero-order valence-corrected chi connectivity index (χ0v) is 14.5. The summed E-state index contributed by atoms with van der Waals surface area (Å²) in [6, 6.07) is 4.06. The minimum absolute atomic E-state index is 0.232. The number of aromatic nitrogens is 3. The average Bonchev–Trinajstić information content (AvgIpc) is 2.93. The zero-order valence-electron chi connectivity index (χ0n) is 14.5. The first-order chi connectivity index (χ1) is 11.6. The summed E-state index contributed by atoms with van der Waals surface area (Å²) in [5, 5.41) is 7.26. The van der Waals surface area contributed by atoms with Crippen LogP contribution in [0.25, 0.3) is 0 Å². The third-order valence-electron chi connectivity index (χ3n) is 4.78. The van der Waals surface area contributed by atoms with Gasteiger partial charge >= 0.3 is 0 Å². The van der Waals surface area contributed by atoms with Crippen molar-refractivity contribution in [1.82, 2.24) is 25.0 Å². The van der Waals surface area contributed by atoms with Gasteiger partial charge in [-0.2, -0.15) is 5.10 Å². The Morgan fingerprint density at radius 1 is 1.25 bits per heavy atom. The zero-order chi connectivity index (χ0) is 16.9. The lowest BCUT2D eigenvalue weighted by Crippen LogP contribution is -2.48. The van der Waals surface area contributed by atoms with E-state index in [9.17, 15) is 4.79 Å². The molecule has 6 nitrogen and oxygen atoms in total. The lowest BCUT2D eigenvalue weighted by Gasteiger charge is -2.34. The Hall–Kier alpha value is -2.21. The molecule has 1 N–H and O–H groups in total. The topological polar surface area (TPSA) is 65.1 Å². The van der Waals surface area contributed by atoms with Crippen molar-refractivity contribution >= 4 is 5.91 Å². The van der Waals surface area contributed by atoms with Gasteiger partial charge in [-0.25, -0.2) is 0 Å². The molecule has 0 aromatic carbocycles. The van der Waals surface area contributed by atoms with Crippen LogP contribution in [0, 0.1) is 13.8 Å². The maximum absolute atomic E-state index is 12.4. The molecular formula is C18H25N5O. The molecule has 2 aromatic rings. The molecule has 24 heavy (non-hydrogen) atoms. The van der Waals surface area contributed by atoms with Crippen LogP contribution in [0.15, 0.2) is 24.5 Å². The molecule has 0 saturated carbocycles. The van der Waals surface area contributed by atoms with Gasteiger partial charge in [0, 0.05) is 63.7 Å². The molecule has 1 aliphatic heterocycles. The number of aromatic amines is 1. The van der Waals surface area contributed by atoms with Crippen LogP contribution < -0.4 is 0 Å². The molecule has 0 bridgehead atoms. The number of nitrogens with one attached hydrogen (secondary N) is 1. The molecule has 0 spiro atoms. The number of piperazine rings is 1. The second-order valence-electron chi connectivity index (χ2n) is 6.44. The van der Waals surface area contributed by atoms with Gasteiger partial charge < -0.3 is 4.90 Å². The molecule has 3 heterocycles. The molecule has 1 saturated heterocycles. The summed E-state index contributed by atoms with van der Waals surface area (Å²) in [6.07, 6.45) is 4.95. The lowest BCUT2D eigenvalue weighted by molar-refractivity contribution is -0.133. The van der Waals surface area contributed by atoms with E-state index in [-0.39, 0.29) is 5.91 Å². The lowest BCUT2D eigenvalue weighted by atomic mass is 10.1. The van der Waals surface area contributed by atoms with Crippen molar-refractivity contribution in [2.45, 2.75) is 33.2 Å². The van der Waals surface area contributed by atoms with Crippen molar-refractivity contribution in [2.75, 3.05) is 26.2 Å². The molecule has 0 radical (unpaired) electrons. The second-order valence-corrected chi connectivity index (χ2v) is 6.44. The summed E-state index contributed by atoms with van der Waals surface area (Å²) < 4.78 is 0. The van der Waals surface area contributed by atoms with Gasteiger partial charge in [-0.3, -0.25) is 19.8 Å². The van der Waals surface area contributed by atoms with Crippen molar-refractivity contribution in [1.29, 1.82) is 0 Å². The Morgan fingerprint density at radius 3 is 2.67 bits per heavy atom. The predicted octanol–water partition coefficient (Wildman–Crippen LogP) is 1.70. The van der Waals surface area contributed by atoms with E-state index in [2.05, 4.69) is 33.1 Å². The number of hydrogen-bond acceptors (Lipinski definition) is 4. The number of aryl methyl sites for hydroxylation is 2. The number of carbonyl (C=O) groups excluding carboxylic acids is 1. The predicted molar refractivity (Wildman–Crippen MR) is 92.5 cm³/mol. The summed E-state index contributed by atoms with van der Waals surface area (Å²) in [5.74, 6) is 0.232. The number of amides is 1. The molecule has 3 rings (SSSR count). The van der Waals surface area contributed by atoms with Crippen molar-refractivity contribution < 1.29 is 4.79 Å². The van der Waals surface area contributed by atoms with Gasteiger partial charge in [0.1, 0.15) is 0 Å². The molecule has 1 aliphatic rings. The van der Waals surface area contributed by atoms with Gasteiger partial charge in [0.05, 0.1) is 5.69 Å². The molecule has 6 heteroatoms. The highest BCUT2D eigenvalue weighted by molar-refractivity contribution is 5.76. The van der Waals surface area contributed by atoms with Gasteiger partial charge in [0.15, 0.2) is 0 Å². The van der Waals surface area contributed by atoms with Crippen LogP contribution in [0.4, 0.5) is 0 Å². The highest BCUT2D eigenvalue weighted by atomic mass is 16.2. The second kappa shape index (κ2) is 7.57. The first-order valence-electron chi connectivity index (χ1n) is 8.53. The van der Waals surface area contributed by atoms with E-state index in [0.29, 0.717) is 12.8 Å². The van der Waals surface area contributed by atoms with Crippen LogP contribution in [0.5, 0.6) is 0 Å². The fourth-order valence-electron chi connectivity index (χ4n) is 3.07. The Labute approximate surface area is 142 Å². The Morgan fingerprint density at radius 2 is 2.04 bits per heavy atom. The van der Waals surface area contributed by atoms with Crippen molar-refractivity contribution in [3.05, 3.63) is 47.0 Å². The first-order valence-corrected chi connectivity index (χ1v) is 8.53. The van der Waals surface area contributed by atoms with E-state index >= 15 is 0 Å². The molecule has 128 valence electrons. The number of nitrogens with zero attached hydrogens (tertiary/aromatic N) is 4. The minimum Gasteiger partial charge on any atom is -0.340 e. The third-order valence-corrected chi connectivity index (χ3v) is 4.78. The summed E-state index contributed by atoms with van der Waals surface area (Å²) in [5.41, 5.74) is 4.49. The van der Waals surface area contributed by atoms with Gasteiger partial charge in [-0.15, -0.1) is 0 Å². The third kappa shape index (κ3) is 4.00. The SMILES string of the molecule is Cc1[nH]nc(CCC(=O)N2CCN(Cc3cccnc3)CC2)c1C.